The fraction of sp³-hybridized carbons (Fsp3) is 0.333. The van der Waals surface area contributed by atoms with Gasteiger partial charge in [0.05, 0.1) is 11.4 Å². The van der Waals surface area contributed by atoms with Gasteiger partial charge in [-0.05, 0) is 50.2 Å². The third-order valence-corrected chi connectivity index (χ3v) is 5.45. The summed E-state index contributed by atoms with van der Waals surface area (Å²) in [5, 5.41) is 10.4. The Bertz CT molecular complexity index is 968. The van der Waals surface area contributed by atoms with Crippen molar-refractivity contribution in [1.29, 1.82) is 0 Å². The third-order valence-electron chi connectivity index (χ3n) is 4.27. The number of benzene rings is 1. The molecule has 0 unspecified atom stereocenters. The monoisotopic (exact) mass is 368 g/mol. The highest BCUT2D eigenvalue weighted by Crippen LogP contribution is 2.35. The lowest BCUT2D eigenvalue weighted by Crippen LogP contribution is -2.26. The van der Waals surface area contributed by atoms with Crippen molar-refractivity contribution >= 4 is 28.6 Å². The molecule has 0 aliphatic rings. The van der Waals surface area contributed by atoms with Crippen LogP contribution < -0.4 is 0 Å². The largest absolute Gasteiger partial charge is 0.480 e. The zero-order chi connectivity index (χ0) is 19.1. The van der Waals surface area contributed by atoms with Crippen LogP contribution in [0.15, 0.2) is 47.4 Å². The normalized spacial score (nSPS) is 12.5. The summed E-state index contributed by atoms with van der Waals surface area (Å²) in [5.41, 5.74) is 3.93. The summed E-state index contributed by atoms with van der Waals surface area (Å²) in [6.45, 7) is 9.89. The smallest absolute Gasteiger partial charge is 0.319 e. The van der Waals surface area contributed by atoms with E-state index in [1.165, 1.54) is 11.8 Å². The standard InChI is InChI=1S/C21H24N2O2S/c1-20(2,3)18-8-6-7-16(23-18)17-12-13-11-14(9-10-15(13)22-17)26-21(4,5)19(24)25/h6-12,22H,1-5H3,(H,24,25). The van der Waals surface area contributed by atoms with E-state index in [2.05, 4.69) is 37.9 Å². The highest BCUT2D eigenvalue weighted by molar-refractivity contribution is 8.01. The molecule has 0 fully saturated rings. The van der Waals surface area contributed by atoms with E-state index in [1.54, 1.807) is 13.8 Å². The van der Waals surface area contributed by atoms with Gasteiger partial charge < -0.3 is 10.1 Å². The summed E-state index contributed by atoms with van der Waals surface area (Å²) < 4.78 is -0.866. The molecular weight excluding hydrogens is 344 g/mol. The first-order valence-electron chi connectivity index (χ1n) is 8.59. The van der Waals surface area contributed by atoms with Gasteiger partial charge >= 0.3 is 5.97 Å². The zero-order valence-corrected chi connectivity index (χ0v) is 16.6. The predicted molar refractivity (Wildman–Crippen MR) is 108 cm³/mol. The number of hydrogen-bond donors (Lipinski definition) is 2. The topological polar surface area (TPSA) is 66.0 Å². The van der Waals surface area contributed by atoms with Gasteiger partial charge in [-0.3, -0.25) is 9.78 Å². The maximum Gasteiger partial charge on any atom is 0.319 e. The number of nitrogens with one attached hydrogen (secondary N) is 1. The number of carboxylic acids is 1. The summed E-state index contributed by atoms with van der Waals surface area (Å²) in [7, 11) is 0. The van der Waals surface area contributed by atoms with Gasteiger partial charge in [0.25, 0.3) is 0 Å². The van der Waals surface area contributed by atoms with Crippen molar-refractivity contribution in [1.82, 2.24) is 9.97 Å². The Balaban J connectivity index is 1.97. The second kappa shape index (κ2) is 6.47. The number of pyridine rings is 1. The number of rotatable bonds is 4. The van der Waals surface area contributed by atoms with Crippen molar-refractivity contribution in [3.8, 4) is 11.4 Å². The van der Waals surface area contributed by atoms with Gasteiger partial charge in [-0.15, -0.1) is 11.8 Å². The minimum atomic E-state index is -0.866. The molecule has 0 saturated heterocycles. The predicted octanol–water partition coefficient (Wildman–Crippen LogP) is 5.48. The van der Waals surface area contributed by atoms with E-state index in [4.69, 9.17) is 4.98 Å². The summed E-state index contributed by atoms with van der Waals surface area (Å²) in [6.07, 6.45) is 0. The number of aliphatic carboxylic acids is 1. The molecule has 2 N–H and O–H groups in total. The average molecular weight is 369 g/mol. The van der Waals surface area contributed by atoms with Crippen molar-refractivity contribution in [3.05, 3.63) is 48.2 Å². The van der Waals surface area contributed by atoms with Crippen molar-refractivity contribution in [3.63, 3.8) is 0 Å². The molecule has 0 aliphatic carbocycles. The molecule has 0 aliphatic heterocycles. The average Bonchev–Trinajstić information content (AvgIpc) is 2.97. The van der Waals surface area contributed by atoms with E-state index < -0.39 is 10.7 Å². The molecular formula is C21H24N2O2S. The lowest BCUT2D eigenvalue weighted by molar-refractivity contribution is -0.138. The Morgan fingerprint density at radius 3 is 2.46 bits per heavy atom. The molecule has 3 rings (SSSR count). The van der Waals surface area contributed by atoms with Crippen LogP contribution in [0.25, 0.3) is 22.3 Å². The van der Waals surface area contributed by atoms with Gasteiger partial charge in [0.1, 0.15) is 4.75 Å². The van der Waals surface area contributed by atoms with Gasteiger partial charge in [-0.2, -0.15) is 0 Å². The maximum absolute atomic E-state index is 11.4. The van der Waals surface area contributed by atoms with Crippen molar-refractivity contribution in [2.75, 3.05) is 0 Å². The number of thioether (sulfide) groups is 1. The van der Waals surface area contributed by atoms with Crippen LogP contribution in [0.5, 0.6) is 0 Å². The van der Waals surface area contributed by atoms with Gasteiger partial charge in [0.15, 0.2) is 0 Å². The fourth-order valence-electron chi connectivity index (χ4n) is 2.65. The molecule has 1 aromatic carbocycles. The number of carboxylic acid groups (broad SMARTS) is 1. The highest BCUT2D eigenvalue weighted by Gasteiger charge is 2.28. The van der Waals surface area contributed by atoms with Gasteiger partial charge in [0.2, 0.25) is 0 Å². The molecule has 0 saturated carbocycles. The van der Waals surface area contributed by atoms with Crippen molar-refractivity contribution in [2.45, 2.75) is 49.7 Å². The number of nitrogens with zero attached hydrogens (tertiary/aromatic N) is 1. The third kappa shape index (κ3) is 3.78. The number of fused-ring (bicyclic) bond motifs is 1. The Morgan fingerprint density at radius 2 is 1.81 bits per heavy atom. The zero-order valence-electron chi connectivity index (χ0n) is 15.8. The quantitative estimate of drug-likeness (QED) is 0.598. The van der Waals surface area contributed by atoms with E-state index >= 15 is 0 Å². The molecule has 0 bridgehead atoms. The van der Waals surface area contributed by atoms with E-state index in [0.29, 0.717) is 0 Å². The second-order valence-electron chi connectivity index (χ2n) is 8.01. The first-order chi connectivity index (χ1) is 12.1. The van der Waals surface area contributed by atoms with E-state index in [0.717, 1.165) is 32.9 Å². The summed E-state index contributed by atoms with van der Waals surface area (Å²) in [4.78, 5) is 20.5. The lowest BCUT2D eigenvalue weighted by Gasteiger charge is -2.18. The molecule has 26 heavy (non-hydrogen) atoms. The van der Waals surface area contributed by atoms with Gasteiger partial charge in [-0.1, -0.05) is 26.8 Å². The van der Waals surface area contributed by atoms with Crippen LogP contribution in [0.2, 0.25) is 0 Å². The Hall–Kier alpha value is -2.27. The van der Waals surface area contributed by atoms with E-state index in [-0.39, 0.29) is 5.41 Å². The molecule has 5 heteroatoms. The van der Waals surface area contributed by atoms with Crippen LogP contribution >= 0.6 is 11.8 Å². The van der Waals surface area contributed by atoms with Gasteiger partial charge in [-0.25, -0.2) is 0 Å². The molecule has 0 spiro atoms. The summed E-state index contributed by atoms with van der Waals surface area (Å²) >= 11 is 1.35. The Labute approximate surface area is 158 Å². The van der Waals surface area contributed by atoms with E-state index in [1.807, 2.05) is 30.3 Å². The Morgan fingerprint density at radius 1 is 1.08 bits per heavy atom. The molecule has 0 radical (unpaired) electrons. The molecule has 136 valence electrons. The second-order valence-corrected chi connectivity index (χ2v) is 9.70. The van der Waals surface area contributed by atoms with Crippen molar-refractivity contribution in [2.24, 2.45) is 0 Å². The number of H-pyrrole nitrogens is 1. The minimum absolute atomic E-state index is 0.00570. The molecule has 0 amide bonds. The van der Waals surface area contributed by atoms with E-state index in [9.17, 15) is 9.90 Å². The maximum atomic E-state index is 11.4. The molecule has 2 aromatic heterocycles. The van der Waals surface area contributed by atoms with Crippen LogP contribution in [0.4, 0.5) is 0 Å². The van der Waals surface area contributed by atoms with Crippen LogP contribution in [-0.2, 0) is 10.2 Å². The lowest BCUT2D eigenvalue weighted by atomic mass is 9.91. The molecule has 2 heterocycles. The number of carbonyl (C=O) groups is 1. The highest BCUT2D eigenvalue weighted by atomic mass is 32.2. The summed E-state index contributed by atoms with van der Waals surface area (Å²) in [6, 6.07) is 14.1. The number of aromatic amines is 1. The minimum Gasteiger partial charge on any atom is -0.480 e. The van der Waals surface area contributed by atoms with Crippen LogP contribution in [0.3, 0.4) is 0 Å². The summed E-state index contributed by atoms with van der Waals surface area (Å²) in [5.74, 6) is -0.819. The van der Waals surface area contributed by atoms with Crippen LogP contribution in [0, 0.1) is 0 Å². The fourth-order valence-corrected chi connectivity index (χ4v) is 3.65. The Kier molecular flexibility index (Phi) is 4.61. The van der Waals surface area contributed by atoms with Crippen LogP contribution in [-0.4, -0.2) is 25.8 Å². The number of hydrogen-bond acceptors (Lipinski definition) is 3. The van der Waals surface area contributed by atoms with Crippen molar-refractivity contribution < 1.29 is 9.90 Å². The molecule has 3 aromatic rings. The first-order valence-corrected chi connectivity index (χ1v) is 9.41. The van der Waals surface area contributed by atoms with Gasteiger partial charge in [0, 0.05) is 26.9 Å². The van der Waals surface area contributed by atoms with Crippen LogP contribution in [0.1, 0.15) is 40.3 Å². The SMILES string of the molecule is CC(C)(Sc1ccc2[nH]c(-c3cccc(C(C)(C)C)n3)cc2c1)C(=O)O. The molecule has 4 nitrogen and oxygen atoms in total. The first kappa shape index (κ1) is 18.5. The molecule has 0 atom stereocenters. The number of aromatic nitrogens is 2.